The zero-order valence-electron chi connectivity index (χ0n) is 43.2. The lowest BCUT2D eigenvalue weighted by atomic mass is 9.53. The second kappa shape index (κ2) is 19.1. The Labute approximate surface area is 441 Å². The molecule has 412 valence electrons. The molecule has 0 amide bonds. The van der Waals surface area contributed by atoms with E-state index in [-0.39, 0.29) is 34.6 Å². The highest BCUT2D eigenvalue weighted by atomic mass is 32.3. The van der Waals surface area contributed by atoms with Gasteiger partial charge < -0.3 is 73.1 Å². The molecular weight excluding hydrogens is 1030 g/mol. The lowest BCUT2D eigenvalue weighted by Gasteiger charge is -2.56. The Hall–Kier alpha value is -4.58. The number of hydrogen-bond acceptors (Lipinski definition) is 15. The predicted molar refractivity (Wildman–Crippen MR) is 276 cm³/mol. The van der Waals surface area contributed by atoms with Gasteiger partial charge in [-0.3, -0.25) is 9.11 Å². The number of piperidine rings is 3. The van der Waals surface area contributed by atoms with E-state index in [4.69, 9.17) is 65.2 Å². The summed E-state index contributed by atoms with van der Waals surface area (Å²) in [6, 6.07) is 14.1. The summed E-state index contributed by atoms with van der Waals surface area (Å²) in [7, 11) is 2.42. The summed E-state index contributed by atoms with van der Waals surface area (Å²) in [4.78, 5) is 29.0. The first kappa shape index (κ1) is 53.4. The fraction of sp³-hybridized carbons (Fsp3) is 0.556. The summed E-state index contributed by atoms with van der Waals surface area (Å²) in [5.41, 5.74) is 7.81. The van der Waals surface area contributed by atoms with Crippen molar-refractivity contribution in [2.24, 2.45) is 17.8 Å². The molecule has 3 aromatic rings. The zero-order valence-corrected chi connectivity index (χ0v) is 44.9. The normalized spacial score (nSPS) is 37.2. The largest absolute Gasteiger partial charge is 0.493 e. The third kappa shape index (κ3) is 8.17. The number of nitrogens with zero attached hydrogens (tertiary/aromatic N) is 3. The molecule has 20 nitrogen and oxygen atoms in total. The number of likely N-dealkylation sites (N-methyl/N-ethyl adjacent to an activating group) is 3. The van der Waals surface area contributed by atoms with E-state index in [1.807, 2.05) is 36.4 Å². The van der Waals surface area contributed by atoms with Gasteiger partial charge in [-0.05, 0) is 114 Å². The lowest BCUT2D eigenvalue weighted by molar-refractivity contribution is -0.0453. The fourth-order valence-electron chi connectivity index (χ4n) is 16.2. The van der Waals surface area contributed by atoms with Crippen LogP contribution in [0.1, 0.15) is 52.6 Å². The molecule has 15 rings (SSSR count). The van der Waals surface area contributed by atoms with Crippen molar-refractivity contribution in [3.63, 3.8) is 0 Å². The quantitative estimate of drug-likeness (QED) is 0.106. The van der Waals surface area contributed by atoms with Gasteiger partial charge in [0.1, 0.15) is 36.6 Å². The number of methoxy groups -OCH3 is 3. The van der Waals surface area contributed by atoms with Gasteiger partial charge in [0.2, 0.25) is 0 Å². The number of rotatable bonds is 3. The third-order valence-electron chi connectivity index (χ3n) is 19.1. The molecule has 76 heavy (non-hydrogen) atoms. The molecule has 0 unspecified atom stereocenters. The first-order valence-electron chi connectivity index (χ1n) is 25.8. The number of aliphatic hydroxyl groups is 3. The molecule has 3 aromatic carbocycles. The van der Waals surface area contributed by atoms with Crippen LogP contribution < -0.4 is 28.4 Å². The van der Waals surface area contributed by atoms with Crippen LogP contribution in [0.15, 0.2) is 72.9 Å². The van der Waals surface area contributed by atoms with Crippen molar-refractivity contribution in [1.82, 2.24) is 14.7 Å². The second-order valence-electron chi connectivity index (χ2n) is 22.3. The van der Waals surface area contributed by atoms with Crippen molar-refractivity contribution >= 4 is 18.2 Å². The Morgan fingerprint density at radius 2 is 0.763 bits per heavy atom. The van der Waals surface area contributed by atoms with Crippen LogP contribution >= 0.6 is 7.82 Å². The minimum Gasteiger partial charge on any atom is -0.493 e. The number of benzene rings is 3. The number of aliphatic hydroxyl groups excluding tert-OH is 3. The van der Waals surface area contributed by atoms with E-state index < -0.39 is 36.5 Å². The van der Waals surface area contributed by atoms with Crippen molar-refractivity contribution in [3.05, 3.63) is 106 Å². The standard InChI is InChI=1S/3C18H21NO3.H3O4P.H2O4S/c3*1-19-8-7-18-11-4-5-13(20)17(18)22-16-14(21-2)6-3-10(15(16)18)9-12(11)19;2*1-5(2,3)4/h3*3-6,11-13,17,20H,7-9H2,1-2H3;(H3,1,2,3,4);(H2,1,2,3,4)/t3*11-,12+,13-,17-,18-;;/m000../s1. The van der Waals surface area contributed by atoms with Gasteiger partial charge in [-0.15, -0.1) is 0 Å². The van der Waals surface area contributed by atoms with Gasteiger partial charge in [0, 0.05) is 68.8 Å². The van der Waals surface area contributed by atoms with Crippen LogP contribution in [0.5, 0.6) is 34.5 Å². The molecule has 3 spiro atoms. The topological polar surface area (TPSA) is 278 Å². The number of likely N-dealkylation sites (tertiary alicyclic amines) is 3. The van der Waals surface area contributed by atoms with Crippen LogP contribution in [0.2, 0.25) is 0 Å². The molecule has 8 N–H and O–H groups in total. The molecule has 22 heteroatoms. The molecule has 3 saturated heterocycles. The van der Waals surface area contributed by atoms with Crippen molar-refractivity contribution in [2.45, 2.75) is 110 Å². The van der Waals surface area contributed by atoms with Crippen molar-refractivity contribution < 1.29 is 80.5 Å². The van der Waals surface area contributed by atoms with E-state index in [2.05, 4.69) is 72.3 Å². The van der Waals surface area contributed by atoms with Crippen LogP contribution in [0.3, 0.4) is 0 Å². The molecule has 6 bridgehead atoms. The second-order valence-corrected chi connectivity index (χ2v) is 24.2. The Morgan fingerprint density at radius 1 is 0.513 bits per heavy atom. The Balaban J connectivity index is 0.000000112. The smallest absolute Gasteiger partial charge is 0.466 e. The van der Waals surface area contributed by atoms with Gasteiger partial charge in [0.05, 0.1) is 21.3 Å². The van der Waals surface area contributed by atoms with Gasteiger partial charge in [0.25, 0.3) is 0 Å². The summed E-state index contributed by atoms with van der Waals surface area (Å²) >= 11 is 0. The molecule has 3 fully saturated rings. The maximum Gasteiger partial charge on any atom is 0.466 e. The molecular formula is C54H68N3O17PS. The Morgan fingerprint density at radius 3 is 1.00 bits per heavy atom. The van der Waals surface area contributed by atoms with Crippen LogP contribution in [0.25, 0.3) is 0 Å². The van der Waals surface area contributed by atoms with Crippen LogP contribution in [0.4, 0.5) is 0 Å². The zero-order chi connectivity index (χ0) is 54.2. The van der Waals surface area contributed by atoms with E-state index in [0.717, 1.165) is 92.7 Å². The molecule has 12 aliphatic rings. The summed E-state index contributed by atoms with van der Waals surface area (Å²) in [5.74, 6) is 6.27. The Bertz CT molecular complexity index is 2770. The van der Waals surface area contributed by atoms with Gasteiger partial charge in [-0.25, -0.2) is 4.57 Å². The van der Waals surface area contributed by atoms with E-state index in [0.29, 0.717) is 35.9 Å². The minimum absolute atomic E-state index is 0.0806. The molecule has 6 aliphatic carbocycles. The number of ether oxygens (including phenoxy) is 6. The van der Waals surface area contributed by atoms with Crippen LogP contribution in [-0.2, 0) is 50.5 Å². The molecule has 6 heterocycles. The lowest BCUT2D eigenvalue weighted by Crippen LogP contribution is -2.64. The van der Waals surface area contributed by atoms with Crippen LogP contribution in [0, 0.1) is 17.8 Å². The van der Waals surface area contributed by atoms with Gasteiger partial charge in [0.15, 0.2) is 34.5 Å². The van der Waals surface area contributed by atoms with E-state index in [1.165, 1.54) is 33.4 Å². The maximum atomic E-state index is 10.6. The molecule has 0 radical (unpaired) electrons. The van der Waals surface area contributed by atoms with Crippen molar-refractivity contribution in [3.8, 4) is 34.5 Å². The minimum atomic E-state index is -4.67. The summed E-state index contributed by atoms with van der Waals surface area (Å²) in [5, 5.41) is 31.7. The molecule has 0 aromatic heterocycles. The number of hydrogen-bond donors (Lipinski definition) is 8. The monoisotopic (exact) mass is 1090 g/mol. The van der Waals surface area contributed by atoms with Gasteiger partial charge in [-0.1, -0.05) is 54.7 Å². The molecule has 15 atom stereocenters. The molecule has 6 aliphatic heterocycles. The number of phosphoric acid groups is 1. The first-order chi connectivity index (χ1) is 36.0. The maximum absolute atomic E-state index is 10.6. The summed E-state index contributed by atoms with van der Waals surface area (Å²) in [6.07, 6.45) is 16.6. The van der Waals surface area contributed by atoms with E-state index in [9.17, 15) is 15.3 Å². The summed E-state index contributed by atoms with van der Waals surface area (Å²) < 4.78 is 76.0. The van der Waals surface area contributed by atoms with Gasteiger partial charge >= 0.3 is 18.2 Å². The van der Waals surface area contributed by atoms with Gasteiger partial charge in [-0.2, -0.15) is 8.42 Å². The third-order valence-corrected chi connectivity index (χ3v) is 19.1. The first-order valence-corrected chi connectivity index (χ1v) is 28.7. The van der Waals surface area contributed by atoms with Crippen molar-refractivity contribution in [1.29, 1.82) is 0 Å². The predicted octanol–water partition coefficient (Wildman–Crippen LogP) is 2.92. The highest BCUT2D eigenvalue weighted by Crippen LogP contribution is 2.65. The Kier molecular flexibility index (Phi) is 13.4. The SMILES string of the molecule is COc1ccc2c3c1O[C@H]1[C@@H](O)C=C[C@H]4[C@@H](C2)N(C)CC[C@@]341.COc1ccc2c3c1O[C@H]1[C@@H](O)C=C[C@H]4[C@@H](C2)N(C)CC[C@@]341.COc1ccc2c3c1O[C@H]1[C@@H](O)C=C[C@H]4[C@@H](C2)N(C)CC[C@@]341.O=P(O)(O)O.O=S(=O)(O)O. The highest BCUT2D eigenvalue weighted by molar-refractivity contribution is 7.79. The van der Waals surface area contributed by atoms with E-state index in [1.54, 1.807) is 21.3 Å². The average molecular weight is 1090 g/mol. The molecule has 0 saturated carbocycles. The van der Waals surface area contributed by atoms with Crippen molar-refractivity contribution in [2.75, 3.05) is 62.1 Å². The highest BCUT2D eigenvalue weighted by Gasteiger charge is 2.67. The summed E-state index contributed by atoms with van der Waals surface area (Å²) in [6.45, 7) is 3.16. The average Bonchev–Trinajstić information content (AvgIpc) is 4.05. The van der Waals surface area contributed by atoms with E-state index >= 15 is 0 Å². The van der Waals surface area contributed by atoms with Crippen LogP contribution in [-0.4, -0.2) is 179 Å². The fourth-order valence-corrected chi connectivity index (χ4v) is 16.2.